The summed E-state index contributed by atoms with van der Waals surface area (Å²) in [7, 11) is -4.45. The Labute approximate surface area is 237 Å². The molecule has 1 heterocycles. The summed E-state index contributed by atoms with van der Waals surface area (Å²) in [4.78, 5) is 8.87. The van der Waals surface area contributed by atoms with Gasteiger partial charge in [0.15, 0.2) is 0 Å². The molecule has 1 N–H and O–H groups in total. The van der Waals surface area contributed by atoms with Gasteiger partial charge in [-0.1, -0.05) is 85.5 Å². The summed E-state index contributed by atoms with van der Waals surface area (Å²) in [6, 6.07) is 33.9. The van der Waals surface area contributed by atoms with Crippen LogP contribution in [-0.2, 0) is 16.5 Å². The van der Waals surface area contributed by atoms with Crippen LogP contribution < -0.4 is 9.47 Å². The molecule has 0 saturated heterocycles. The van der Waals surface area contributed by atoms with Gasteiger partial charge in [0, 0.05) is 12.5 Å². The Balaban J connectivity index is 1.37. The van der Waals surface area contributed by atoms with Crippen LogP contribution in [0.15, 0.2) is 121 Å². The first-order valence-electron chi connectivity index (χ1n) is 12.8. The second-order valence-electron chi connectivity index (χ2n) is 9.43. The molecule has 6 rings (SSSR count). The first-order chi connectivity index (χ1) is 19.8. The van der Waals surface area contributed by atoms with E-state index in [1.54, 1.807) is 18.2 Å². The summed E-state index contributed by atoms with van der Waals surface area (Å²) in [5.74, 6) is 1.41. The predicted molar refractivity (Wildman–Crippen MR) is 159 cm³/mol. The third-order valence-corrected chi connectivity index (χ3v) is 7.48. The van der Waals surface area contributed by atoms with Gasteiger partial charge < -0.3 is 9.47 Å². The van der Waals surface area contributed by atoms with E-state index >= 15 is 0 Å². The molecule has 41 heavy (non-hydrogen) atoms. The Kier molecular flexibility index (Phi) is 6.93. The highest BCUT2D eigenvalue weighted by molar-refractivity contribution is 7.86. The van der Waals surface area contributed by atoms with Crippen LogP contribution >= 0.6 is 0 Å². The number of fused-ring (bicyclic) bond motifs is 2. The number of hydrogen-bond acceptors (Lipinski definition) is 6. The predicted octanol–water partition coefficient (Wildman–Crippen LogP) is 7.85. The molecule has 0 fully saturated rings. The van der Waals surface area contributed by atoms with E-state index in [-0.39, 0.29) is 23.2 Å². The molecular formula is C33H24N2O5S. The minimum atomic E-state index is -4.45. The van der Waals surface area contributed by atoms with Crippen molar-refractivity contribution in [3.05, 3.63) is 133 Å². The summed E-state index contributed by atoms with van der Waals surface area (Å²) in [6.45, 7) is 3.63. The largest absolute Gasteiger partial charge is 0.439 e. The number of rotatable bonds is 8. The highest BCUT2D eigenvalue weighted by atomic mass is 32.2. The smallest absolute Gasteiger partial charge is 0.325 e. The van der Waals surface area contributed by atoms with Crippen molar-refractivity contribution in [2.75, 3.05) is 0 Å². The summed E-state index contributed by atoms with van der Waals surface area (Å²) < 4.78 is 45.9. The summed E-state index contributed by atoms with van der Waals surface area (Å²) in [6.07, 6.45) is 1.60. The summed E-state index contributed by atoms with van der Waals surface area (Å²) in [5, 5.41) is 4.19. The van der Waals surface area contributed by atoms with E-state index in [2.05, 4.69) is 16.5 Å². The monoisotopic (exact) mass is 560 g/mol. The van der Waals surface area contributed by atoms with E-state index in [1.165, 1.54) is 12.1 Å². The van der Waals surface area contributed by atoms with Crippen LogP contribution in [-0.4, -0.2) is 22.9 Å². The molecule has 0 spiro atoms. The Hall–Kier alpha value is -5.05. The molecule has 8 heteroatoms. The fourth-order valence-electron chi connectivity index (χ4n) is 4.62. The van der Waals surface area contributed by atoms with Crippen LogP contribution in [0.2, 0.25) is 0 Å². The molecule has 7 nitrogen and oxygen atoms in total. The maximum atomic E-state index is 12.0. The average Bonchev–Trinajstić information content (AvgIpc) is 2.96. The summed E-state index contributed by atoms with van der Waals surface area (Å²) in [5.41, 5.74) is 1.44. The van der Waals surface area contributed by atoms with E-state index in [0.717, 1.165) is 21.5 Å². The molecule has 0 atom stereocenters. The average molecular weight is 561 g/mol. The standard InChI is InChI=1S/C33H24N2O5S/c1-2-23-12-11-22(18-31(23)41(36,37)38)17-28-21-32(39-29-15-13-24-7-3-5-9-26(24)19-29)35-33(34-28)40-30-16-14-25-8-4-6-10-27(25)20-30/h2-16,18-21H,1,17H2,(H,36,37,38). The van der Waals surface area contributed by atoms with Crippen molar-refractivity contribution in [3.63, 3.8) is 0 Å². The van der Waals surface area contributed by atoms with Crippen LogP contribution in [0.25, 0.3) is 27.6 Å². The van der Waals surface area contributed by atoms with Crippen molar-refractivity contribution >= 4 is 37.7 Å². The highest BCUT2D eigenvalue weighted by Crippen LogP contribution is 2.30. The zero-order chi connectivity index (χ0) is 28.4. The first kappa shape index (κ1) is 26.2. The Bertz CT molecular complexity index is 1940. The zero-order valence-corrected chi connectivity index (χ0v) is 22.6. The van der Waals surface area contributed by atoms with Crippen LogP contribution in [0.3, 0.4) is 0 Å². The van der Waals surface area contributed by atoms with E-state index in [9.17, 15) is 13.0 Å². The minimum absolute atomic E-state index is 0.0753. The number of nitrogens with zero attached hydrogens (tertiary/aromatic N) is 2. The number of aromatic nitrogens is 2. The van der Waals surface area contributed by atoms with E-state index in [4.69, 9.17) is 9.47 Å². The molecule has 0 bridgehead atoms. The molecular weight excluding hydrogens is 536 g/mol. The van der Waals surface area contributed by atoms with Crippen LogP contribution in [0.1, 0.15) is 16.8 Å². The molecule has 0 aliphatic rings. The van der Waals surface area contributed by atoms with Gasteiger partial charge in [-0.05, 0) is 63.0 Å². The van der Waals surface area contributed by atoms with Crippen LogP contribution in [0.5, 0.6) is 23.4 Å². The lowest BCUT2D eigenvalue weighted by molar-refractivity contribution is 0.410. The van der Waals surface area contributed by atoms with Crippen molar-refractivity contribution in [1.82, 2.24) is 9.97 Å². The van der Waals surface area contributed by atoms with Gasteiger partial charge in [0.1, 0.15) is 16.4 Å². The van der Waals surface area contributed by atoms with Gasteiger partial charge in [-0.3, -0.25) is 4.55 Å². The molecule has 0 unspecified atom stereocenters. The van der Waals surface area contributed by atoms with Gasteiger partial charge in [-0.15, -0.1) is 0 Å². The molecule has 0 aliphatic heterocycles. The van der Waals surface area contributed by atoms with Gasteiger partial charge >= 0.3 is 6.01 Å². The zero-order valence-electron chi connectivity index (χ0n) is 21.8. The first-order valence-corrected chi connectivity index (χ1v) is 14.2. The Morgan fingerprint density at radius 2 is 1.32 bits per heavy atom. The van der Waals surface area contributed by atoms with E-state index < -0.39 is 10.1 Å². The SMILES string of the molecule is C=Cc1ccc(Cc2cc(Oc3ccc4ccccc4c3)nc(Oc3ccc4ccccc4c3)n2)cc1S(=O)(=O)O. The fourth-order valence-corrected chi connectivity index (χ4v) is 5.37. The van der Waals surface area contributed by atoms with Crippen LogP contribution in [0.4, 0.5) is 0 Å². The lowest BCUT2D eigenvalue weighted by Gasteiger charge is -2.12. The second kappa shape index (κ2) is 10.8. The number of hydrogen-bond donors (Lipinski definition) is 1. The maximum absolute atomic E-state index is 12.0. The molecule has 6 aromatic rings. The van der Waals surface area contributed by atoms with Crippen molar-refractivity contribution in [3.8, 4) is 23.4 Å². The quantitative estimate of drug-likeness (QED) is 0.189. The van der Waals surface area contributed by atoms with Gasteiger partial charge in [-0.25, -0.2) is 0 Å². The van der Waals surface area contributed by atoms with Crippen molar-refractivity contribution in [1.29, 1.82) is 0 Å². The van der Waals surface area contributed by atoms with Gasteiger partial charge in [0.2, 0.25) is 5.88 Å². The van der Waals surface area contributed by atoms with Crippen molar-refractivity contribution < 1.29 is 22.4 Å². The van der Waals surface area contributed by atoms with E-state index in [1.807, 2.05) is 84.9 Å². The van der Waals surface area contributed by atoms with E-state index in [0.29, 0.717) is 28.3 Å². The third kappa shape index (κ3) is 5.94. The molecule has 1 aromatic heterocycles. The molecule has 202 valence electrons. The Morgan fingerprint density at radius 1 is 0.707 bits per heavy atom. The lowest BCUT2D eigenvalue weighted by atomic mass is 10.1. The second-order valence-corrected chi connectivity index (χ2v) is 10.8. The number of ether oxygens (including phenoxy) is 2. The molecule has 5 aromatic carbocycles. The van der Waals surface area contributed by atoms with Gasteiger partial charge in [-0.2, -0.15) is 18.4 Å². The van der Waals surface area contributed by atoms with Crippen LogP contribution in [0, 0.1) is 0 Å². The molecule has 0 amide bonds. The fraction of sp³-hybridized carbons (Fsp3) is 0.0303. The maximum Gasteiger partial charge on any atom is 0.325 e. The van der Waals surface area contributed by atoms with Gasteiger partial charge in [0.25, 0.3) is 10.1 Å². The third-order valence-electron chi connectivity index (χ3n) is 6.57. The summed E-state index contributed by atoms with van der Waals surface area (Å²) >= 11 is 0. The molecule has 0 radical (unpaired) electrons. The highest BCUT2D eigenvalue weighted by Gasteiger charge is 2.16. The normalized spacial score (nSPS) is 11.4. The van der Waals surface area contributed by atoms with Crippen molar-refractivity contribution in [2.45, 2.75) is 11.3 Å². The topological polar surface area (TPSA) is 98.6 Å². The lowest BCUT2D eigenvalue weighted by Crippen LogP contribution is -2.04. The molecule has 0 saturated carbocycles. The minimum Gasteiger partial charge on any atom is -0.439 e. The van der Waals surface area contributed by atoms with Gasteiger partial charge in [0.05, 0.1) is 5.69 Å². The number of benzene rings is 5. The Morgan fingerprint density at radius 3 is 1.93 bits per heavy atom. The van der Waals surface area contributed by atoms with Crippen molar-refractivity contribution in [2.24, 2.45) is 0 Å². The molecule has 0 aliphatic carbocycles.